The predicted molar refractivity (Wildman–Crippen MR) is 92.8 cm³/mol. The van der Waals surface area contributed by atoms with Crippen LogP contribution in [0.3, 0.4) is 0 Å². The van der Waals surface area contributed by atoms with Crippen LogP contribution in [0.15, 0.2) is 73.1 Å². The van der Waals surface area contributed by atoms with Crippen molar-refractivity contribution >= 4 is 5.69 Å². The number of nitrogens with zero attached hydrogens (tertiary/aromatic N) is 2. The number of hydrogen-bond donors (Lipinski definition) is 0. The molecular weight excluding hydrogens is 300 g/mol. The molecule has 2 aromatic carbocycles. The van der Waals surface area contributed by atoms with Crippen LogP contribution in [-0.4, -0.2) is 4.92 Å². The molecule has 24 heavy (non-hydrogen) atoms. The van der Waals surface area contributed by atoms with Gasteiger partial charge in [0.25, 0.3) is 5.69 Å². The van der Waals surface area contributed by atoms with Gasteiger partial charge in [0.05, 0.1) is 4.92 Å². The number of aryl methyl sites for hydroxylation is 1. The zero-order valence-corrected chi connectivity index (χ0v) is 13.6. The molecule has 0 aliphatic rings. The van der Waals surface area contributed by atoms with Crippen LogP contribution in [0.2, 0.25) is 0 Å². The third kappa shape index (κ3) is 3.84. The fourth-order valence-electron chi connectivity index (χ4n) is 2.67. The summed E-state index contributed by atoms with van der Waals surface area (Å²) in [7, 11) is 0. The second-order valence-electron chi connectivity index (χ2n) is 5.91. The van der Waals surface area contributed by atoms with E-state index in [2.05, 4.69) is 60.3 Å². The Hall–Kier alpha value is -3.01. The van der Waals surface area contributed by atoms with Gasteiger partial charge in [-0.2, -0.15) is 0 Å². The Kier molecular flexibility index (Phi) is 4.66. The van der Waals surface area contributed by atoms with E-state index in [1.165, 1.54) is 16.7 Å². The van der Waals surface area contributed by atoms with Crippen molar-refractivity contribution in [2.24, 2.45) is 0 Å². The summed E-state index contributed by atoms with van der Waals surface area (Å²) in [6.45, 7) is 2.98. The summed E-state index contributed by atoms with van der Waals surface area (Å²) in [6, 6.07) is 19.3. The van der Waals surface area contributed by atoms with Crippen molar-refractivity contribution in [1.82, 2.24) is 0 Å². The van der Waals surface area contributed by atoms with E-state index in [1.807, 2.05) is 12.1 Å². The minimum Gasteiger partial charge on any atom is -0.258 e. The standard InChI is InChI=1S/C20H19N2O2/c1-16-4-2-3-5-19(16)15-21-12-10-18(11-13-21)14-17-6-8-20(9-7-17)22(23)24/h2-13H,14-15H2,1H3/q+1. The molecule has 0 unspecified atom stereocenters. The van der Waals surface area contributed by atoms with Crippen molar-refractivity contribution in [2.45, 2.75) is 19.9 Å². The Morgan fingerprint density at radius 2 is 1.54 bits per heavy atom. The zero-order chi connectivity index (χ0) is 16.9. The number of nitro groups is 1. The van der Waals surface area contributed by atoms with Crippen molar-refractivity contribution in [3.05, 3.63) is 105 Å². The lowest BCUT2D eigenvalue weighted by molar-refractivity contribution is -0.688. The average Bonchev–Trinajstić information content (AvgIpc) is 2.59. The van der Waals surface area contributed by atoms with Crippen molar-refractivity contribution in [3.8, 4) is 0 Å². The molecule has 0 saturated carbocycles. The summed E-state index contributed by atoms with van der Waals surface area (Å²) < 4.78 is 2.15. The second-order valence-corrected chi connectivity index (χ2v) is 5.91. The molecule has 0 saturated heterocycles. The smallest absolute Gasteiger partial charge is 0.258 e. The van der Waals surface area contributed by atoms with Crippen LogP contribution in [0.1, 0.15) is 22.3 Å². The van der Waals surface area contributed by atoms with Gasteiger partial charge in [-0.3, -0.25) is 10.1 Å². The molecule has 0 amide bonds. The van der Waals surface area contributed by atoms with Crippen LogP contribution in [0.25, 0.3) is 0 Å². The van der Waals surface area contributed by atoms with Crippen molar-refractivity contribution in [1.29, 1.82) is 0 Å². The number of pyridine rings is 1. The third-order valence-corrected chi connectivity index (χ3v) is 4.13. The largest absolute Gasteiger partial charge is 0.269 e. The molecular formula is C20H19N2O2+. The number of aromatic nitrogens is 1. The summed E-state index contributed by atoms with van der Waals surface area (Å²) >= 11 is 0. The number of nitro benzene ring substituents is 1. The molecule has 0 aliphatic heterocycles. The van der Waals surface area contributed by atoms with Gasteiger partial charge < -0.3 is 0 Å². The Morgan fingerprint density at radius 3 is 2.17 bits per heavy atom. The third-order valence-electron chi connectivity index (χ3n) is 4.13. The first-order valence-corrected chi connectivity index (χ1v) is 7.87. The summed E-state index contributed by atoms with van der Waals surface area (Å²) in [5.41, 5.74) is 4.98. The zero-order valence-electron chi connectivity index (χ0n) is 13.6. The second kappa shape index (κ2) is 7.04. The molecule has 3 aromatic rings. The molecule has 4 nitrogen and oxygen atoms in total. The molecule has 1 heterocycles. The summed E-state index contributed by atoms with van der Waals surface area (Å²) in [6.07, 6.45) is 4.92. The minimum atomic E-state index is -0.374. The quantitative estimate of drug-likeness (QED) is 0.407. The van der Waals surface area contributed by atoms with Gasteiger partial charge in [0.2, 0.25) is 0 Å². The highest BCUT2D eigenvalue weighted by Gasteiger charge is 2.07. The molecule has 1 aromatic heterocycles. The van der Waals surface area contributed by atoms with E-state index in [1.54, 1.807) is 12.1 Å². The molecule has 0 aliphatic carbocycles. The molecule has 0 N–H and O–H groups in total. The van der Waals surface area contributed by atoms with Crippen LogP contribution >= 0.6 is 0 Å². The maximum absolute atomic E-state index is 10.7. The van der Waals surface area contributed by atoms with Gasteiger partial charge in [0, 0.05) is 29.8 Å². The first kappa shape index (κ1) is 15.9. The summed E-state index contributed by atoms with van der Waals surface area (Å²) in [5.74, 6) is 0. The summed E-state index contributed by atoms with van der Waals surface area (Å²) in [4.78, 5) is 10.3. The Balaban J connectivity index is 1.68. The van der Waals surface area contributed by atoms with Crippen LogP contribution in [0.5, 0.6) is 0 Å². The molecule has 0 spiro atoms. The van der Waals surface area contributed by atoms with Gasteiger partial charge in [0.15, 0.2) is 18.9 Å². The minimum absolute atomic E-state index is 0.128. The van der Waals surface area contributed by atoms with E-state index >= 15 is 0 Å². The SMILES string of the molecule is Cc1ccccc1C[n+]1ccc(Cc2ccc([N+](=O)[O-])cc2)cc1. The van der Waals surface area contributed by atoms with Gasteiger partial charge in [-0.25, -0.2) is 4.57 Å². The maximum atomic E-state index is 10.7. The lowest BCUT2D eigenvalue weighted by Gasteiger charge is -2.04. The topological polar surface area (TPSA) is 47.0 Å². The first-order chi connectivity index (χ1) is 11.6. The molecule has 3 rings (SSSR count). The highest BCUT2D eigenvalue weighted by atomic mass is 16.6. The monoisotopic (exact) mass is 319 g/mol. The number of non-ortho nitro benzene ring substituents is 1. The van der Waals surface area contributed by atoms with Crippen molar-refractivity contribution < 1.29 is 9.49 Å². The molecule has 0 bridgehead atoms. The number of benzene rings is 2. The van der Waals surface area contributed by atoms with Crippen LogP contribution < -0.4 is 4.57 Å². The van der Waals surface area contributed by atoms with E-state index in [9.17, 15) is 10.1 Å². The summed E-state index contributed by atoms with van der Waals surface area (Å²) in [5, 5.41) is 10.7. The van der Waals surface area contributed by atoms with Gasteiger partial charge in [-0.15, -0.1) is 0 Å². The van der Waals surface area contributed by atoms with E-state index in [-0.39, 0.29) is 10.6 Å². The first-order valence-electron chi connectivity index (χ1n) is 7.87. The molecule has 120 valence electrons. The van der Waals surface area contributed by atoms with Gasteiger partial charge >= 0.3 is 0 Å². The molecule has 0 radical (unpaired) electrons. The van der Waals surface area contributed by atoms with Gasteiger partial charge in [-0.1, -0.05) is 36.4 Å². The fraction of sp³-hybridized carbons (Fsp3) is 0.150. The molecule has 4 heteroatoms. The molecule has 0 atom stereocenters. The highest BCUT2D eigenvalue weighted by Crippen LogP contribution is 2.14. The average molecular weight is 319 g/mol. The number of hydrogen-bond acceptors (Lipinski definition) is 2. The van der Waals surface area contributed by atoms with Crippen molar-refractivity contribution in [3.63, 3.8) is 0 Å². The normalized spacial score (nSPS) is 10.5. The Morgan fingerprint density at radius 1 is 0.917 bits per heavy atom. The van der Waals surface area contributed by atoms with Crippen LogP contribution in [0, 0.1) is 17.0 Å². The van der Waals surface area contributed by atoms with Crippen LogP contribution in [0.4, 0.5) is 5.69 Å². The highest BCUT2D eigenvalue weighted by molar-refractivity contribution is 5.35. The van der Waals surface area contributed by atoms with E-state index in [4.69, 9.17) is 0 Å². The van der Waals surface area contributed by atoms with Crippen LogP contribution in [-0.2, 0) is 13.0 Å². The van der Waals surface area contributed by atoms with E-state index in [0.717, 1.165) is 18.5 Å². The van der Waals surface area contributed by atoms with Crippen molar-refractivity contribution in [2.75, 3.05) is 0 Å². The maximum Gasteiger partial charge on any atom is 0.269 e. The van der Waals surface area contributed by atoms with E-state index < -0.39 is 0 Å². The lowest BCUT2D eigenvalue weighted by atomic mass is 10.1. The van der Waals surface area contributed by atoms with E-state index in [0.29, 0.717) is 0 Å². The fourth-order valence-corrected chi connectivity index (χ4v) is 2.67. The van der Waals surface area contributed by atoms with Gasteiger partial charge in [0.1, 0.15) is 0 Å². The lowest BCUT2D eigenvalue weighted by Crippen LogP contribution is -2.33. The Bertz CT molecular complexity index is 840. The molecule has 0 fully saturated rings. The van der Waals surface area contributed by atoms with Gasteiger partial charge in [-0.05, 0) is 30.0 Å². The predicted octanol–water partition coefficient (Wildman–Crippen LogP) is 3.83. The Labute approximate surface area is 141 Å². The number of rotatable bonds is 5.